The van der Waals surface area contributed by atoms with E-state index in [-0.39, 0.29) is 5.78 Å². The molecule has 2 aromatic carbocycles. The lowest BCUT2D eigenvalue weighted by molar-refractivity contribution is 0.0825. The molecule has 1 heterocycles. The molecule has 0 aliphatic carbocycles. The van der Waals surface area contributed by atoms with Gasteiger partial charge in [-0.1, -0.05) is 41.4 Å². The fourth-order valence-electron chi connectivity index (χ4n) is 2.19. The Hall–Kier alpha value is -1.51. The number of para-hydroxylation sites is 1. The number of ether oxygens (including phenoxy) is 1. The van der Waals surface area contributed by atoms with E-state index in [1.165, 1.54) is 0 Å². The molecule has 0 saturated carbocycles. The fraction of sp³-hybridized carbons (Fsp3) is 0.133. The van der Waals surface area contributed by atoms with Crippen LogP contribution in [0.4, 0.5) is 0 Å². The predicted molar refractivity (Wildman–Crippen MR) is 75.4 cm³/mol. The van der Waals surface area contributed by atoms with Crippen LogP contribution in [0.2, 0.25) is 10.0 Å². The largest absolute Gasteiger partial charge is 0.482 e. The van der Waals surface area contributed by atoms with Gasteiger partial charge in [-0.3, -0.25) is 4.79 Å². The standard InChI is InChI=1S/C15H10Cl2O2/c16-10-5-6-11(12(17)8-10)15(18)14-7-9-3-1-2-4-13(9)19-14/h1-6,8,14H,7H2. The maximum Gasteiger partial charge on any atom is 0.205 e. The number of ketones is 1. The molecule has 1 atom stereocenters. The molecular weight excluding hydrogens is 283 g/mol. The van der Waals surface area contributed by atoms with E-state index >= 15 is 0 Å². The van der Waals surface area contributed by atoms with Crippen molar-refractivity contribution < 1.29 is 9.53 Å². The summed E-state index contributed by atoms with van der Waals surface area (Å²) in [6.07, 6.45) is 0.0737. The van der Waals surface area contributed by atoms with Gasteiger partial charge in [-0.05, 0) is 29.8 Å². The van der Waals surface area contributed by atoms with Crippen molar-refractivity contribution in [1.29, 1.82) is 0 Å². The van der Waals surface area contributed by atoms with Gasteiger partial charge in [-0.25, -0.2) is 0 Å². The van der Waals surface area contributed by atoms with E-state index in [4.69, 9.17) is 27.9 Å². The molecule has 96 valence electrons. The molecule has 0 N–H and O–H groups in total. The number of Topliss-reactive ketones (excluding diaryl/α,β-unsaturated/α-hetero) is 1. The molecule has 3 rings (SSSR count). The van der Waals surface area contributed by atoms with Crippen LogP contribution in [0.1, 0.15) is 15.9 Å². The first-order chi connectivity index (χ1) is 9.15. The smallest absolute Gasteiger partial charge is 0.205 e. The predicted octanol–water partition coefficient (Wildman–Crippen LogP) is 4.18. The highest BCUT2D eigenvalue weighted by molar-refractivity contribution is 6.37. The van der Waals surface area contributed by atoms with Gasteiger partial charge >= 0.3 is 0 Å². The minimum Gasteiger partial charge on any atom is -0.482 e. The molecule has 19 heavy (non-hydrogen) atoms. The number of carbonyl (C=O) groups is 1. The molecule has 1 aliphatic heterocycles. The number of hydrogen-bond acceptors (Lipinski definition) is 2. The second-order valence-corrected chi connectivity index (χ2v) is 5.25. The summed E-state index contributed by atoms with van der Waals surface area (Å²) in [4.78, 5) is 12.4. The lowest BCUT2D eigenvalue weighted by Gasteiger charge is -2.10. The third kappa shape index (κ3) is 2.34. The number of halogens is 2. The van der Waals surface area contributed by atoms with Gasteiger partial charge < -0.3 is 4.74 Å². The monoisotopic (exact) mass is 292 g/mol. The van der Waals surface area contributed by atoms with Crippen molar-refractivity contribution in [3.05, 3.63) is 63.6 Å². The Balaban J connectivity index is 1.87. The van der Waals surface area contributed by atoms with E-state index in [9.17, 15) is 4.79 Å². The molecule has 0 amide bonds. The summed E-state index contributed by atoms with van der Waals surface area (Å²) >= 11 is 11.9. The van der Waals surface area contributed by atoms with Crippen LogP contribution in [-0.2, 0) is 6.42 Å². The van der Waals surface area contributed by atoms with Gasteiger partial charge in [0.15, 0.2) is 6.10 Å². The second kappa shape index (κ2) is 4.87. The van der Waals surface area contributed by atoms with Crippen LogP contribution >= 0.6 is 23.2 Å². The lowest BCUT2D eigenvalue weighted by Crippen LogP contribution is -2.25. The Kier molecular flexibility index (Phi) is 3.21. The highest BCUT2D eigenvalue weighted by atomic mass is 35.5. The third-order valence-electron chi connectivity index (χ3n) is 3.14. The van der Waals surface area contributed by atoms with Crippen molar-refractivity contribution in [3.63, 3.8) is 0 Å². The summed E-state index contributed by atoms with van der Waals surface area (Å²) in [5, 5.41) is 0.870. The van der Waals surface area contributed by atoms with Crippen LogP contribution in [0.15, 0.2) is 42.5 Å². The summed E-state index contributed by atoms with van der Waals surface area (Å²) in [6.45, 7) is 0. The minimum atomic E-state index is -0.504. The average Bonchev–Trinajstić information content (AvgIpc) is 2.81. The minimum absolute atomic E-state index is 0.113. The summed E-state index contributed by atoms with van der Waals surface area (Å²) in [5.41, 5.74) is 1.50. The Morgan fingerprint density at radius 1 is 1.16 bits per heavy atom. The molecule has 2 aromatic rings. The summed E-state index contributed by atoms with van der Waals surface area (Å²) < 4.78 is 5.67. The van der Waals surface area contributed by atoms with E-state index in [1.807, 2.05) is 24.3 Å². The van der Waals surface area contributed by atoms with E-state index in [1.54, 1.807) is 18.2 Å². The Labute approximate surface area is 120 Å². The molecule has 0 aromatic heterocycles. The van der Waals surface area contributed by atoms with Crippen LogP contribution in [0.25, 0.3) is 0 Å². The lowest BCUT2D eigenvalue weighted by atomic mass is 10.0. The SMILES string of the molecule is O=C(c1ccc(Cl)cc1Cl)C1Cc2ccccc2O1. The Morgan fingerprint density at radius 2 is 1.95 bits per heavy atom. The van der Waals surface area contributed by atoms with Gasteiger partial charge in [-0.2, -0.15) is 0 Å². The van der Waals surface area contributed by atoms with E-state index in [0.717, 1.165) is 11.3 Å². The first kappa shape index (κ1) is 12.5. The number of fused-ring (bicyclic) bond motifs is 1. The molecule has 1 unspecified atom stereocenters. The molecule has 1 aliphatic rings. The van der Waals surface area contributed by atoms with Crippen molar-refractivity contribution in [2.75, 3.05) is 0 Å². The van der Waals surface area contributed by atoms with Crippen molar-refractivity contribution >= 4 is 29.0 Å². The van der Waals surface area contributed by atoms with E-state index < -0.39 is 6.10 Å². The van der Waals surface area contributed by atoms with Crippen molar-refractivity contribution in [2.45, 2.75) is 12.5 Å². The summed E-state index contributed by atoms with van der Waals surface area (Å²) in [6, 6.07) is 12.5. The first-order valence-corrected chi connectivity index (χ1v) is 6.64. The Bertz CT molecular complexity index is 627. The van der Waals surface area contributed by atoms with E-state index in [2.05, 4.69) is 0 Å². The first-order valence-electron chi connectivity index (χ1n) is 5.89. The molecule has 4 heteroatoms. The van der Waals surface area contributed by atoms with Gasteiger partial charge in [0.2, 0.25) is 5.78 Å². The van der Waals surface area contributed by atoms with Crippen LogP contribution in [0, 0.1) is 0 Å². The van der Waals surface area contributed by atoms with Gasteiger partial charge in [-0.15, -0.1) is 0 Å². The fourth-order valence-corrected chi connectivity index (χ4v) is 2.69. The van der Waals surface area contributed by atoms with Gasteiger partial charge in [0, 0.05) is 17.0 Å². The number of benzene rings is 2. The van der Waals surface area contributed by atoms with Gasteiger partial charge in [0.1, 0.15) is 5.75 Å². The molecule has 0 bridgehead atoms. The number of hydrogen-bond donors (Lipinski definition) is 0. The third-order valence-corrected chi connectivity index (χ3v) is 3.68. The maximum atomic E-state index is 12.4. The summed E-state index contributed by atoms with van der Waals surface area (Å²) in [7, 11) is 0. The zero-order chi connectivity index (χ0) is 13.4. The zero-order valence-corrected chi connectivity index (χ0v) is 11.4. The quantitative estimate of drug-likeness (QED) is 0.776. The van der Waals surface area contributed by atoms with Crippen molar-refractivity contribution in [2.24, 2.45) is 0 Å². The molecule has 0 saturated heterocycles. The molecule has 0 spiro atoms. The highest BCUT2D eigenvalue weighted by Crippen LogP contribution is 2.31. The van der Waals surface area contributed by atoms with Crippen molar-refractivity contribution in [3.8, 4) is 5.75 Å². The second-order valence-electron chi connectivity index (χ2n) is 4.41. The van der Waals surface area contributed by atoms with Crippen LogP contribution in [-0.4, -0.2) is 11.9 Å². The molecule has 0 fully saturated rings. The number of rotatable bonds is 2. The van der Waals surface area contributed by atoms with Crippen LogP contribution in [0.3, 0.4) is 0 Å². The van der Waals surface area contributed by atoms with Gasteiger partial charge in [0.25, 0.3) is 0 Å². The van der Waals surface area contributed by atoms with Crippen molar-refractivity contribution in [1.82, 2.24) is 0 Å². The van der Waals surface area contributed by atoms with Gasteiger partial charge in [0.05, 0.1) is 5.02 Å². The topological polar surface area (TPSA) is 26.3 Å². The molecule has 2 nitrogen and oxygen atoms in total. The Morgan fingerprint density at radius 3 is 2.68 bits per heavy atom. The average molecular weight is 293 g/mol. The van der Waals surface area contributed by atoms with Crippen LogP contribution < -0.4 is 4.74 Å². The zero-order valence-electron chi connectivity index (χ0n) is 9.90. The summed E-state index contributed by atoms with van der Waals surface area (Å²) in [5.74, 6) is 0.656. The molecule has 0 radical (unpaired) electrons. The van der Waals surface area contributed by atoms with E-state index in [0.29, 0.717) is 22.0 Å². The maximum absolute atomic E-state index is 12.4. The number of carbonyl (C=O) groups excluding carboxylic acids is 1. The van der Waals surface area contributed by atoms with Crippen LogP contribution in [0.5, 0.6) is 5.75 Å². The highest BCUT2D eigenvalue weighted by Gasteiger charge is 2.30. The molecular formula is C15H10Cl2O2. The normalized spacial score (nSPS) is 16.8.